The number of aromatic hydroxyl groups is 1. The summed E-state index contributed by atoms with van der Waals surface area (Å²) in [7, 11) is 1.44. The highest BCUT2D eigenvalue weighted by atomic mass is 19.1. The number of ether oxygens (including phenoxy) is 1. The minimum Gasteiger partial charge on any atom is -0.502 e. The van der Waals surface area contributed by atoms with Crippen LogP contribution in [0.1, 0.15) is 0 Å². The van der Waals surface area contributed by atoms with Crippen LogP contribution in [0.3, 0.4) is 0 Å². The van der Waals surface area contributed by atoms with Crippen molar-refractivity contribution in [2.24, 2.45) is 0 Å². The lowest BCUT2D eigenvalue weighted by atomic mass is 10.1. The van der Waals surface area contributed by atoms with E-state index in [1.54, 1.807) is 0 Å². The molecule has 2 aromatic carbocycles. The normalized spacial score (nSPS) is 10.9. The molecule has 0 unspecified atom stereocenters. The van der Waals surface area contributed by atoms with Gasteiger partial charge in [0.1, 0.15) is 23.0 Å². The molecule has 0 aliphatic carbocycles. The lowest BCUT2D eigenvalue weighted by Gasteiger charge is -2.08. The van der Waals surface area contributed by atoms with Crippen LogP contribution in [0.5, 0.6) is 11.5 Å². The molecule has 3 aromatic rings. The molecule has 0 fully saturated rings. The molecular weight excluding hydrogens is 294 g/mol. The first-order valence-corrected chi connectivity index (χ1v) is 6.30. The van der Waals surface area contributed by atoms with Crippen LogP contribution in [0.15, 0.2) is 45.6 Å². The number of benzene rings is 2. The van der Waals surface area contributed by atoms with E-state index < -0.39 is 22.8 Å². The van der Waals surface area contributed by atoms with E-state index >= 15 is 0 Å². The first-order valence-electron chi connectivity index (χ1n) is 6.30. The summed E-state index contributed by atoms with van der Waals surface area (Å²) in [4.78, 5) is 12.2. The molecule has 0 aliphatic rings. The van der Waals surface area contributed by atoms with E-state index in [1.807, 2.05) is 0 Å². The second kappa shape index (κ2) is 5.14. The summed E-state index contributed by atoms with van der Waals surface area (Å²) < 4.78 is 37.3. The lowest BCUT2D eigenvalue weighted by Crippen LogP contribution is -2.03. The summed E-state index contributed by atoms with van der Waals surface area (Å²) in [6.45, 7) is 0. The highest BCUT2D eigenvalue weighted by molar-refractivity contribution is 5.83. The van der Waals surface area contributed by atoms with Gasteiger partial charge in [0.2, 0.25) is 11.2 Å². The average molecular weight is 304 g/mol. The predicted octanol–water partition coefficient (Wildman–Crippen LogP) is 3.45. The van der Waals surface area contributed by atoms with E-state index in [4.69, 9.17) is 9.15 Å². The maximum Gasteiger partial charge on any atom is 0.235 e. The van der Waals surface area contributed by atoms with E-state index in [9.17, 15) is 18.7 Å². The Hall–Kier alpha value is -2.89. The summed E-state index contributed by atoms with van der Waals surface area (Å²) in [6.07, 6.45) is 0. The fourth-order valence-electron chi connectivity index (χ4n) is 2.15. The number of halogens is 2. The quantitative estimate of drug-likeness (QED) is 0.787. The van der Waals surface area contributed by atoms with E-state index in [-0.39, 0.29) is 22.3 Å². The molecule has 0 amide bonds. The van der Waals surface area contributed by atoms with Crippen LogP contribution in [0, 0.1) is 11.6 Å². The van der Waals surface area contributed by atoms with Gasteiger partial charge in [0.25, 0.3) is 0 Å². The average Bonchev–Trinajstić information content (AvgIpc) is 2.51. The molecule has 0 aliphatic heterocycles. The first-order chi connectivity index (χ1) is 10.5. The highest BCUT2D eigenvalue weighted by Gasteiger charge is 2.18. The summed E-state index contributed by atoms with van der Waals surface area (Å²) in [5.41, 5.74) is -0.788. The van der Waals surface area contributed by atoms with Crippen molar-refractivity contribution in [3.63, 3.8) is 0 Å². The van der Waals surface area contributed by atoms with E-state index in [0.29, 0.717) is 11.8 Å². The molecule has 0 radical (unpaired) electrons. The Labute approximate surface area is 123 Å². The fraction of sp³-hybridized carbons (Fsp3) is 0.0625. The maximum atomic E-state index is 13.9. The third kappa shape index (κ3) is 2.18. The van der Waals surface area contributed by atoms with Crippen LogP contribution < -0.4 is 10.2 Å². The van der Waals surface area contributed by atoms with Crippen molar-refractivity contribution in [3.05, 3.63) is 58.3 Å². The molecule has 3 rings (SSSR count). The largest absolute Gasteiger partial charge is 0.502 e. The third-order valence-corrected chi connectivity index (χ3v) is 3.25. The van der Waals surface area contributed by atoms with Gasteiger partial charge in [-0.3, -0.25) is 4.79 Å². The minimum absolute atomic E-state index is 0.126. The van der Waals surface area contributed by atoms with Crippen molar-refractivity contribution in [2.75, 3.05) is 7.11 Å². The van der Waals surface area contributed by atoms with Crippen molar-refractivity contribution in [1.29, 1.82) is 0 Å². The standard InChI is InChI=1S/C16H10F2O4/c1-21-9-3-5-11-13(7-9)22-16(15(20)14(11)19)10-4-2-8(17)6-12(10)18/h2-7,20H,1H3. The molecule has 1 aromatic heterocycles. The van der Waals surface area contributed by atoms with Crippen molar-refractivity contribution >= 4 is 11.0 Å². The topological polar surface area (TPSA) is 59.7 Å². The molecule has 22 heavy (non-hydrogen) atoms. The molecule has 0 atom stereocenters. The minimum atomic E-state index is -0.944. The molecule has 1 N–H and O–H groups in total. The Morgan fingerprint density at radius 3 is 2.59 bits per heavy atom. The van der Waals surface area contributed by atoms with Crippen molar-refractivity contribution < 1.29 is 23.0 Å². The molecule has 112 valence electrons. The Kier molecular flexibility index (Phi) is 3.29. The van der Waals surface area contributed by atoms with Gasteiger partial charge in [-0.25, -0.2) is 8.78 Å². The number of fused-ring (bicyclic) bond motifs is 1. The number of rotatable bonds is 2. The van der Waals surface area contributed by atoms with Crippen LogP contribution in [-0.4, -0.2) is 12.2 Å². The van der Waals surface area contributed by atoms with Gasteiger partial charge in [-0.2, -0.15) is 0 Å². The number of hydrogen-bond donors (Lipinski definition) is 1. The second-order valence-corrected chi connectivity index (χ2v) is 4.60. The third-order valence-electron chi connectivity index (χ3n) is 3.25. The second-order valence-electron chi connectivity index (χ2n) is 4.60. The van der Waals surface area contributed by atoms with Gasteiger partial charge in [-0.15, -0.1) is 0 Å². The van der Waals surface area contributed by atoms with Gasteiger partial charge >= 0.3 is 0 Å². The maximum absolute atomic E-state index is 13.9. The number of hydrogen-bond acceptors (Lipinski definition) is 4. The zero-order valence-corrected chi connectivity index (χ0v) is 11.4. The Morgan fingerprint density at radius 1 is 1.14 bits per heavy atom. The molecule has 0 bridgehead atoms. The zero-order chi connectivity index (χ0) is 15.9. The van der Waals surface area contributed by atoms with Gasteiger partial charge < -0.3 is 14.3 Å². The van der Waals surface area contributed by atoms with E-state index in [1.165, 1.54) is 25.3 Å². The van der Waals surface area contributed by atoms with Crippen LogP contribution in [0.2, 0.25) is 0 Å². The summed E-state index contributed by atoms with van der Waals surface area (Å²) in [5.74, 6) is -2.37. The SMILES string of the molecule is COc1ccc2c(=O)c(O)c(-c3ccc(F)cc3F)oc2c1. The molecule has 1 heterocycles. The van der Waals surface area contributed by atoms with Gasteiger partial charge in [0.15, 0.2) is 5.76 Å². The summed E-state index contributed by atoms with van der Waals surface area (Å²) in [6, 6.07) is 7.16. The highest BCUT2D eigenvalue weighted by Crippen LogP contribution is 2.32. The van der Waals surface area contributed by atoms with Crippen LogP contribution in [0.4, 0.5) is 8.78 Å². The Bertz CT molecular complexity index is 931. The van der Waals surface area contributed by atoms with Gasteiger partial charge in [-0.05, 0) is 24.3 Å². The predicted molar refractivity (Wildman–Crippen MR) is 76.1 cm³/mol. The first kappa shape index (κ1) is 14.1. The fourth-order valence-corrected chi connectivity index (χ4v) is 2.15. The van der Waals surface area contributed by atoms with Crippen LogP contribution in [-0.2, 0) is 0 Å². The zero-order valence-electron chi connectivity index (χ0n) is 11.4. The van der Waals surface area contributed by atoms with Crippen molar-refractivity contribution in [2.45, 2.75) is 0 Å². The molecule has 0 saturated heterocycles. The summed E-state index contributed by atoms with van der Waals surface area (Å²) in [5, 5.41) is 10.1. The van der Waals surface area contributed by atoms with Gasteiger partial charge in [-0.1, -0.05) is 0 Å². The van der Waals surface area contributed by atoms with Gasteiger partial charge in [0, 0.05) is 12.1 Å². The molecule has 6 heteroatoms. The van der Waals surface area contributed by atoms with Gasteiger partial charge in [0.05, 0.1) is 18.1 Å². The molecule has 0 saturated carbocycles. The molecule has 0 spiro atoms. The van der Waals surface area contributed by atoms with E-state index in [2.05, 4.69) is 0 Å². The van der Waals surface area contributed by atoms with Crippen molar-refractivity contribution in [1.82, 2.24) is 0 Å². The lowest BCUT2D eigenvalue weighted by molar-refractivity contribution is 0.413. The van der Waals surface area contributed by atoms with Crippen LogP contribution >= 0.6 is 0 Å². The summed E-state index contributed by atoms with van der Waals surface area (Å²) >= 11 is 0. The monoisotopic (exact) mass is 304 g/mol. The number of methoxy groups -OCH3 is 1. The smallest absolute Gasteiger partial charge is 0.235 e. The molecular formula is C16H10F2O4. The van der Waals surface area contributed by atoms with E-state index in [0.717, 1.165) is 12.1 Å². The van der Waals surface area contributed by atoms with Crippen molar-refractivity contribution in [3.8, 4) is 22.8 Å². The van der Waals surface area contributed by atoms with Crippen LogP contribution in [0.25, 0.3) is 22.3 Å². The Morgan fingerprint density at radius 2 is 1.91 bits per heavy atom. The Balaban J connectivity index is 2.34. The molecule has 4 nitrogen and oxygen atoms in total.